The first-order chi connectivity index (χ1) is 15.7. The summed E-state index contributed by atoms with van der Waals surface area (Å²) in [6.45, 7) is 0. The first-order valence-corrected chi connectivity index (χ1v) is 12.6. The van der Waals surface area contributed by atoms with Crippen LogP contribution in [0.5, 0.6) is 0 Å². The molecule has 1 aliphatic carbocycles. The molecule has 1 aromatic carbocycles. The fourth-order valence-electron chi connectivity index (χ4n) is 4.49. The molecule has 3 aromatic heterocycles. The van der Waals surface area contributed by atoms with E-state index in [2.05, 4.69) is 9.97 Å². The van der Waals surface area contributed by atoms with Gasteiger partial charge in [-0.1, -0.05) is 6.07 Å². The quantitative estimate of drug-likeness (QED) is 0.445. The second-order valence-electron chi connectivity index (χ2n) is 8.64. The molecule has 0 saturated heterocycles. The number of benzene rings is 1. The molecule has 4 aromatic rings. The molecule has 8 nitrogen and oxygen atoms in total. The van der Waals surface area contributed by atoms with Crippen LogP contribution in [0.4, 0.5) is 4.39 Å². The number of methoxy groups -OCH3 is 1. The van der Waals surface area contributed by atoms with Crippen LogP contribution in [0.1, 0.15) is 24.6 Å². The largest absolute Gasteiger partial charge is 0.381 e. The van der Waals surface area contributed by atoms with Gasteiger partial charge in [0, 0.05) is 55.2 Å². The lowest BCUT2D eigenvalue weighted by Gasteiger charge is -2.34. The Bertz CT molecular complexity index is 1550. The van der Waals surface area contributed by atoms with Crippen molar-refractivity contribution in [3.05, 3.63) is 58.7 Å². The maximum Gasteiger partial charge on any atom is 0.329 e. The molecule has 33 heavy (non-hydrogen) atoms. The van der Waals surface area contributed by atoms with Crippen molar-refractivity contribution in [2.24, 2.45) is 7.05 Å². The summed E-state index contributed by atoms with van der Waals surface area (Å²) in [5.41, 5.74) is 2.91. The summed E-state index contributed by atoms with van der Waals surface area (Å²) in [6, 6.07) is 6.28. The van der Waals surface area contributed by atoms with Gasteiger partial charge in [0.25, 0.3) is 0 Å². The monoisotopic (exact) mass is 470 g/mol. The average Bonchev–Trinajstić information content (AvgIpc) is 2.97. The standard InChI is InChI=1S/C23H23FN4O4S/c1-27-21-11-26-20-9-19(24)17(13-4-5-14(25-10-13)12-33(3,30)31)8-18(20)22(21)28(23(27)29)15-6-16(7-15)32-2/h4-5,8-11,15-16H,6-7,12H2,1-3H3. The maximum absolute atomic E-state index is 15.0. The van der Waals surface area contributed by atoms with Crippen LogP contribution in [0, 0.1) is 5.82 Å². The van der Waals surface area contributed by atoms with Crippen LogP contribution < -0.4 is 5.69 Å². The van der Waals surface area contributed by atoms with Gasteiger partial charge in [0.05, 0.1) is 40.3 Å². The third-order valence-corrected chi connectivity index (χ3v) is 7.14. The van der Waals surface area contributed by atoms with Crippen molar-refractivity contribution < 1.29 is 17.5 Å². The molecule has 0 bridgehead atoms. The predicted octanol–water partition coefficient (Wildman–Crippen LogP) is 2.98. The van der Waals surface area contributed by atoms with Crippen molar-refractivity contribution in [2.75, 3.05) is 13.4 Å². The molecule has 0 unspecified atom stereocenters. The van der Waals surface area contributed by atoms with Gasteiger partial charge < -0.3 is 4.74 Å². The van der Waals surface area contributed by atoms with Crippen LogP contribution in [-0.4, -0.2) is 47.0 Å². The molecule has 10 heteroatoms. The van der Waals surface area contributed by atoms with Gasteiger partial charge in [-0.3, -0.25) is 19.1 Å². The smallest absolute Gasteiger partial charge is 0.329 e. The number of rotatable bonds is 5. The summed E-state index contributed by atoms with van der Waals surface area (Å²) < 4.78 is 46.8. The number of nitrogens with zero attached hydrogens (tertiary/aromatic N) is 4. The molecule has 172 valence electrons. The van der Waals surface area contributed by atoms with Crippen molar-refractivity contribution >= 4 is 31.8 Å². The van der Waals surface area contributed by atoms with Gasteiger partial charge in [-0.15, -0.1) is 0 Å². The van der Waals surface area contributed by atoms with E-state index in [-0.39, 0.29) is 23.6 Å². The van der Waals surface area contributed by atoms with E-state index in [0.29, 0.717) is 33.2 Å². The molecule has 3 heterocycles. The Morgan fingerprint density at radius 1 is 1.18 bits per heavy atom. The highest BCUT2D eigenvalue weighted by Crippen LogP contribution is 2.38. The Morgan fingerprint density at radius 3 is 2.58 bits per heavy atom. The third-order valence-electron chi connectivity index (χ3n) is 6.32. The summed E-state index contributed by atoms with van der Waals surface area (Å²) in [5, 5.41) is 0.669. The topological polar surface area (TPSA) is 96.1 Å². The van der Waals surface area contributed by atoms with Crippen LogP contribution in [0.15, 0.2) is 41.5 Å². The lowest BCUT2D eigenvalue weighted by molar-refractivity contribution is 0.00635. The van der Waals surface area contributed by atoms with Gasteiger partial charge >= 0.3 is 5.69 Å². The highest BCUT2D eigenvalue weighted by Gasteiger charge is 2.34. The molecule has 0 radical (unpaired) electrons. The third kappa shape index (κ3) is 3.72. The number of aryl methyl sites for hydroxylation is 1. The number of aromatic nitrogens is 4. The number of fused-ring (bicyclic) bond motifs is 3. The van der Waals surface area contributed by atoms with E-state index in [1.54, 1.807) is 47.7 Å². The second-order valence-corrected chi connectivity index (χ2v) is 10.8. The summed E-state index contributed by atoms with van der Waals surface area (Å²) in [5.74, 6) is -0.655. The Balaban J connectivity index is 1.68. The van der Waals surface area contributed by atoms with Crippen molar-refractivity contribution in [1.29, 1.82) is 0 Å². The molecular formula is C23H23FN4O4S. The minimum absolute atomic E-state index is 0.00203. The lowest BCUT2D eigenvalue weighted by atomic mass is 9.89. The molecule has 0 amide bonds. The molecule has 1 aliphatic rings. The fraction of sp³-hybridized carbons (Fsp3) is 0.348. The van der Waals surface area contributed by atoms with Gasteiger partial charge in [0.2, 0.25) is 0 Å². The zero-order valence-corrected chi connectivity index (χ0v) is 19.3. The van der Waals surface area contributed by atoms with Gasteiger partial charge in [-0.05, 0) is 25.0 Å². The molecule has 1 saturated carbocycles. The van der Waals surface area contributed by atoms with E-state index in [4.69, 9.17) is 4.74 Å². The average molecular weight is 471 g/mol. The highest BCUT2D eigenvalue weighted by atomic mass is 32.2. The van der Waals surface area contributed by atoms with E-state index < -0.39 is 15.7 Å². The summed E-state index contributed by atoms with van der Waals surface area (Å²) in [7, 11) is 0.145. The Morgan fingerprint density at radius 2 is 1.94 bits per heavy atom. The second kappa shape index (κ2) is 7.74. The van der Waals surface area contributed by atoms with Crippen molar-refractivity contribution in [3.8, 4) is 11.1 Å². The van der Waals surface area contributed by atoms with Crippen LogP contribution in [0.25, 0.3) is 33.1 Å². The molecule has 5 rings (SSSR count). The fourth-order valence-corrected chi connectivity index (χ4v) is 5.19. The SMILES string of the molecule is COC1CC(n2c(=O)n(C)c3cnc4cc(F)c(-c5ccc(CS(C)(=O)=O)nc5)cc4c32)C1. The molecule has 0 aliphatic heterocycles. The van der Waals surface area contributed by atoms with Gasteiger partial charge in [-0.25, -0.2) is 17.6 Å². The van der Waals surface area contributed by atoms with Crippen LogP contribution in [-0.2, 0) is 27.4 Å². The molecule has 0 spiro atoms. The van der Waals surface area contributed by atoms with Gasteiger partial charge in [0.15, 0.2) is 9.84 Å². The van der Waals surface area contributed by atoms with Gasteiger partial charge in [0.1, 0.15) is 5.82 Å². The van der Waals surface area contributed by atoms with E-state index in [9.17, 15) is 13.2 Å². The molecule has 1 fully saturated rings. The zero-order valence-electron chi connectivity index (χ0n) is 18.4. The number of sulfone groups is 1. The lowest BCUT2D eigenvalue weighted by Crippen LogP contribution is -2.37. The Kier molecular flexibility index (Phi) is 5.09. The Hall–Kier alpha value is -3.11. The number of hydrogen-bond acceptors (Lipinski definition) is 6. The van der Waals surface area contributed by atoms with E-state index >= 15 is 4.39 Å². The maximum atomic E-state index is 15.0. The minimum Gasteiger partial charge on any atom is -0.381 e. The summed E-state index contributed by atoms with van der Waals surface area (Å²) >= 11 is 0. The van der Waals surface area contributed by atoms with E-state index in [1.807, 2.05) is 0 Å². The number of halogens is 1. The summed E-state index contributed by atoms with van der Waals surface area (Å²) in [6.07, 6.45) is 5.79. The molecule has 0 atom stereocenters. The minimum atomic E-state index is -3.22. The number of pyridine rings is 2. The normalized spacial score (nSPS) is 18.7. The highest BCUT2D eigenvalue weighted by molar-refractivity contribution is 7.89. The number of hydrogen-bond donors (Lipinski definition) is 0. The van der Waals surface area contributed by atoms with E-state index in [0.717, 1.165) is 24.6 Å². The van der Waals surface area contributed by atoms with Gasteiger partial charge in [-0.2, -0.15) is 0 Å². The van der Waals surface area contributed by atoms with Crippen molar-refractivity contribution in [2.45, 2.75) is 30.7 Å². The van der Waals surface area contributed by atoms with E-state index in [1.165, 1.54) is 12.3 Å². The van der Waals surface area contributed by atoms with Crippen LogP contribution in [0.2, 0.25) is 0 Å². The number of imidazole rings is 1. The molecule has 0 N–H and O–H groups in total. The Labute approximate surface area is 189 Å². The van der Waals surface area contributed by atoms with Crippen LogP contribution >= 0.6 is 0 Å². The number of ether oxygens (including phenoxy) is 1. The first kappa shape index (κ1) is 21.7. The van der Waals surface area contributed by atoms with Crippen molar-refractivity contribution in [1.82, 2.24) is 19.1 Å². The van der Waals surface area contributed by atoms with Crippen molar-refractivity contribution in [3.63, 3.8) is 0 Å². The zero-order chi connectivity index (χ0) is 23.5. The molecular weight excluding hydrogens is 447 g/mol. The predicted molar refractivity (Wildman–Crippen MR) is 123 cm³/mol. The van der Waals surface area contributed by atoms with Crippen LogP contribution in [0.3, 0.4) is 0 Å². The summed E-state index contributed by atoms with van der Waals surface area (Å²) in [4.78, 5) is 21.6. The first-order valence-electron chi connectivity index (χ1n) is 10.5.